The smallest absolute Gasteiger partial charge is 0.264 e. The van der Waals surface area contributed by atoms with Crippen LogP contribution in [0, 0.1) is 0 Å². The number of carbonyl (C=O) groups excluding carboxylic acids is 3. The van der Waals surface area contributed by atoms with Gasteiger partial charge in [0, 0.05) is 11.1 Å². The van der Waals surface area contributed by atoms with E-state index in [1.807, 2.05) is 30.3 Å². The van der Waals surface area contributed by atoms with Crippen LogP contribution in [-0.2, 0) is 15.2 Å². The van der Waals surface area contributed by atoms with Gasteiger partial charge in [0.1, 0.15) is 6.54 Å². The predicted octanol–water partition coefficient (Wildman–Crippen LogP) is 2.13. The van der Waals surface area contributed by atoms with Gasteiger partial charge in [0.25, 0.3) is 5.91 Å². The van der Waals surface area contributed by atoms with Crippen molar-refractivity contribution in [1.29, 1.82) is 0 Å². The molecular weight excluding hydrogens is 356 g/mol. The van der Waals surface area contributed by atoms with E-state index in [1.54, 1.807) is 36.4 Å². The van der Waals surface area contributed by atoms with Crippen molar-refractivity contribution >= 4 is 34.1 Å². The van der Waals surface area contributed by atoms with Crippen molar-refractivity contribution < 1.29 is 19.5 Å². The Morgan fingerprint density at radius 1 is 0.964 bits per heavy atom. The van der Waals surface area contributed by atoms with E-state index in [1.165, 1.54) is 0 Å². The van der Waals surface area contributed by atoms with Crippen LogP contribution in [0.25, 0.3) is 10.8 Å². The van der Waals surface area contributed by atoms with Gasteiger partial charge in [0.05, 0.1) is 12.1 Å². The summed E-state index contributed by atoms with van der Waals surface area (Å²) in [6.45, 7) is -0.359. The number of para-hydroxylation sites is 1. The molecule has 0 saturated heterocycles. The summed E-state index contributed by atoms with van der Waals surface area (Å²) in [7, 11) is 0. The van der Waals surface area contributed by atoms with E-state index in [9.17, 15) is 19.5 Å². The molecule has 6 heteroatoms. The quantitative estimate of drug-likeness (QED) is 0.668. The highest BCUT2D eigenvalue weighted by molar-refractivity contribution is 6.12. The van der Waals surface area contributed by atoms with Crippen LogP contribution in [0.3, 0.4) is 0 Å². The largest absolute Gasteiger partial charge is 0.375 e. The monoisotopic (exact) mass is 374 g/mol. The van der Waals surface area contributed by atoms with Crippen molar-refractivity contribution in [3.8, 4) is 0 Å². The number of rotatable bonds is 5. The number of hydrogen-bond donors (Lipinski definition) is 2. The van der Waals surface area contributed by atoms with Crippen molar-refractivity contribution in [3.63, 3.8) is 0 Å². The Labute approximate surface area is 161 Å². The Hall–Kier alpha value is -3.51. The summed E-state index contributed by atoms with van der Waals surface area (Å²) in [4.78, 5) is 38.3. The van der Waals surface area contributed by atoms with E-state index in [0.29, 0.717) is 16.8 Å². The number of carbonyl (C=O) groups is 3. The summed E-state index contributed by atoms with van der Waals surface area (Å²) < 4.78 is 0. The van der Waals surface area contributed by atoms with E-state index >= 15 is 0 Å². The Morgan fingerprint density at radius 3 is 2.39 bits per heavy atom. The van der Waals surface area contributed by atoms with Crippen LogP contribution in [0.1, 0.15) is 22.3 Å². The summed E-state index contributed by atoms with van der Waals surface area (Å²) in [5, 5.41) is 13.1. The molecule has 0 fully saturated rings. The van der Waals surface area contributed by atoms with Crippen molar-refractivity contribution in [2.24, 2.45) is 5.73 Å². The number of Topliss-reactive ketones (excluding diaryl/α,β-unsaturated/α-hetero) is 1. The van der Waals surface area contributed by atoms with Crippen LogP contribution in [0.2, 0.25) is 0 Å². The van der Waals surface area contributed by atoms with E-state index in [2.05, 4.69) is 0 Å². The number of amides is 2. The average Bonchev–Trinajstić information content (AvgIpc) is 2.89. The lowest BCUT2D eigenvalue weighted by Crippen LogP contribution is -2.44. The minimum absolute atomic E-state index is 0.301. The molecule has 3 aromatic carbocycles. The lowest BCUT2D eigenvalue weighted by molar-refractivity contribution is -0.136. The first kappa shape index (κ1) is 17.9. The molecule has 3 aromatic rings. The second-order valence-electron chi connectivity index (χ2n) is 6.90. The van der Waals surface area contributed by atoms with Crippen LogP contribution in [0.4, 0.5) is 5.69 Å². The van der Waals surface area contributed by atoms with Crippen molar-refractivity contribution in [3.05, 3.63) is 77.9 Å². The number of benzene rings is 3. The summed E-state index contributed by atoms with van der Waals surface area (Å²) in [5.74, 6) is -1.78. The number of ketones is 1. The van der Waals surface area contributed by atoms with Crippen molar-refractivity contribution in [2.75, 3.05) is 11.4 Å². The Morgan fingerprint density at radius 2 is 1.64 bits per heavy atom. The zero-order valence-electron chi connectivity index (χ0n) is 15.0. The Balaban J connectivity index is 1.70. The lowest BCUT2D eigenvalue weighted by Gasteiger charge is -2.22. The molecule has 0 unspecified atom stereocenters. The van der Waals surface area contributed by atoms with Gasteiger partial charge in [0.2, 0.25) is 5.91 Å². The van der Waals surface area contributed by atoms with Gasteiger partial charge in [-0.2, -0.15) is 0 Å². The highest BCUT2D eigenvalue weighted by atomic mass is 16.3. The molecule has 0 bridgehead atoms. The van der Waals surface area contributed by atoms with Gasteiger partial charge in [-0.1, -0.05) is 54.6 Å². The second-order valence-corrected chi connectivity index (χ2v) is 6.90. The molecule has 2 amide bonds. The number of anilines is 1. The number of nitrogens with zero attached hydrogens (tertiary/aromatic N) is 1. The maximum absolute atomic E-state index is 12.9. The number of fused-ring (bicyclic) bond motifs is 2. The zero-order valence-corrected chi connectivity index (χ0v) is 15.0. The summed E-state index contributed by atoms with van der Waals surface area (Å²) in [6.07, 6.45) is -0.420. The number of nitrogens with two attached hydrogens (primary N) is 1. The third-order valence-electron chi connectivity index (χ3n) is 5.04. The molecule has 0 aliphatic carbocycles. The van der Waals surface area contributed by atoms with Crippen LogP contribution in [0.5, 0.6) is 0 Å². The van der Waals surface area contributed by atoms with Gasteiger partial charge in [-0.15, -0.1) is 0 Å². The standard InChI is InChI=1S/C22H18N2O4/c23-20(26)13-24-18-8-4-3-7-17(18)22(28,21(24)27)12-19(25)16-10-9-14-5-1-2-6-15(14)11-16/h1-11,28H,12-13H2,(H2,23,26)/t22-/m1/s1. The molecule has 1 aliphatic rings. The molecule has 1 heterocycles. The summed E-state index contributed by atoms with van der Waals surface area (Å²) in [6, 6.07) is 19.4. The normalized spacial score (nSPS) is 18.3. The van der Waals surface area contributed by atoms with Crippen LogP contribution in [0.15, 0.2) is 66.7 Å². The number of hydrogen-bond acceptors (Lipinski definition) is 4. The second kappa shape index (κ2) is 6.58. The maximum atomic E-state index is 12.9. The van der Waals surface area contributed by atoms with Gasteiger partial charge in [0.15, 0.2) is 11.4 Å². The fourth-order valence-corrected chi connectivity index (χ4v) is 3.69. The number of aliphatic hydroxyl groups is 1. The minimum Gasteiger partial charge on any atom is -0.375 e. The molecule has 1 aliphatic heterocycles. The molecular formula is C22H18N2O4. The van der Waals surface area contributed by atoms with E-state index < -0.39 is 23.8 Å². The third-order valence-corrected chi connectivity index (χ3v) is 5.04. The van der Waals surface area contributed by atoms with Crippen LogP contribution < -0.4 is 10.6 Å². The highest BCUT2D eigenvalue weighted by Gasteiger charge is 2.51. The molecule has 28 heavy (non-hydrogen) atoms. The van der Waals surface area contributed by atoms with Crippen molar-refractivity contribution in [2.45, 2.75) is 12.0 Å². The van der Waals surface area contributed by atoms with Gasteiger partial charge < -0.3 is 10.8 Å². The first-order valence-corrected chi connectivity index (χ1v) is 8.84. The molecule has 0 spiro atoms. The highest BCUT2D eigenvalue weighted by Crippen LogP contribution is 2.42. The van der Waals surface area contributed by atoms with Gasteiger partial charge in [-0.25, -0.2) is 0 Å². The van der Waals surface area contributed by atoms with Crippen LogP contribution >= 0.6 is 0 Å². The minimum atomic E-state index is -2.03. The molecule has 1 atom stereocenters. The van der Waals surface area contributed by atoms with Crippen molar-refractivity contribution in [1.82, 2.24) is 0 Å². The third kappa shape index (κ3) is 2.84. The fourth-order valence-electron chi connectivity index (χ4n) is 3.69. The molecule has 6 nitrogen and oxygen atoms in total. The van der Waals surface area contributed by atoms with Gasteiger partial charge in [-0.05, 0) is 22.9 Å². The van der Waals surface area contributed by atoms with Gasteiger partial charge in [-0.3, -0.25) is 19.3 Å². The molecule has 0 aromatic heterocycles. The first-order chi connectivity index (χ1) is 13.4. The van der Waals surface area contributed by atoms with E-state index in [0.717, 1.165) is 15.7 Å². The topological polar surface area (TPSA) is 101 Å². The van der Waals surface area contributed by atoms with Gasteiger partial charge >= 0.3 is 0 Å². The van der Waals surface area contributed by atoms with E-state index in [-0.39, 0.29) is 12.3 Å². The SMILES string of the molecule is NC(=O)CN1C(=O)[C@@](O)(CC(=O)c2ccc3ccccc3c2)c2ccccc21. The summed E-state index contributed by atoms with van der Waals surface area (Å²) in [5.41, 5.74) is 4.31. The Bertz CT molecular complexity index is 1120. The zero-order chi connectivity index (χ0) is 19.9. The molecule has 140 valence electrons. The van der Waals surface area contributed by atoms with E-state index in [4.69, 9.17) is 5.73 Å². The maximum Gasteiger partial charge on any atom is 0.264 e. The first-order valence-electron chi connectivity index (χ1n) is 8.84. The predicted molar refractivity (Wildman–Crippen MR) is 105 cm³/mol. The average molecular weight is 374 g/mol. The molecule has 0 saturated carbocycles. The number of primary amides is 1. The molecule has 3 N–H and O–H groups in total. The Kier molecular flexibility index (Phi) is 4.20. The molecule has 0 radical (unpaired) electrons. The molecule has 4 rings (SSSR count). The lowest BCUT2D eigenvalue weighted by atomic mass is 9.88. The summed E-state index contributed by atoms with van der Waals surface area (Å²) >= 11 is 0. The fraction of sp³-hybridized carbons (Fsp3) is 0.136. The van der Waals surface area contributed by atoms with Crippen LogP contribution in [-0.4, -0.2) is 29.2 Å².